The van der Waals surface area contributed by atoms with Gasteiger partial charge in [-0.1, -0.05) is 0 Å². The molecule has 2 heterocycles. The number of nitrogens with one attached hydrogen (secondary N) is 1. The summed E-state index contributed by atoms with van der Waals surface area (Å²) in [6.07, 6.45) is 0.787. The first-order valence-electron chi connectivity index (χ1n) is 7.30. The van der Waals surface area contributed by atoms with Crippen molar-refractivity contribution in [3.8, 4) is 17.2 Å². The second-order valence-corrected chi connectivity index (χ2v) is 7.01. The SMILES string of the molecule is O=S(=O)(Nc1ccc2c(c1)CCO2)c1ccc2c(c1)OCCO2. The van der Waals surface area contributed by atoms with Gasteiger partial charge in [0.25, 0.3) is 10.0 Å². The highest BCUT2D eigenvalue weighted by molar-refractivity contribution is 7.92. The molecule has 0 spiro atoms. The number of fused-ring (bicyclic) bond motifs is 2. The summed E-state index contributed by atoms with van der Waals surface area (Å²) < 4.78 is 44.0. The summed E-state index contributed by atoms with van der Waals surface area (Å²) in [5.74, 6) is 1.82. The molecule has 0 atom stereocenters. The summed E-state index contributed by atoms with van der Waals surface area (Å²) in [5.41, 5.74) is 1.52. The van der Waals surface area contributed by atoms with Crippen LogP contribution in [0.1, 0.15) is 5.56 Å². The standard InChI is InChI=1S/C16H15NO5S/c18-23(19,13-2-4-15-16(10-13)22-8-7-21-15)17-12-1-3-14-11(9-12)5-6-20-14/h1-4,9-10,17H,5-8H2. The van der Waals surface area contributed by atoms with Crippen molar-refractivity contribution in [3.63, 3.8) is 0 Å². The minimum atomic E-state index is -3.69. The van der Waals surface area contributed by atoms with Crippen LogP contribution in [0.25, 0.3) is 0 Å². The first-order chi connectivity index (χ1) is 11.1. The van der Waals surface area contributed by atoms with Gasteiger partial charge >= 0.3 is 0 Å². The number of hydrogen-bond acceptors (Lipinski definition) is 5. The van der Waals surface area contributed by atoms with Crippen molar-refractivity contribution in [2.75, 3.05) is 24.5 Å². The molecule has 0 unspecified atom stereocenters. The van der Waals surface area contributed by atoms with Crippen molar-refractivity contribution in [1.82, 2.24) is 0 Å². The fraction of sp³-hybridized carbons (Fsp3) is 0.250. The van der Waals surface area contributed by atoms with Crippen molar-refractivity contribution in [3.05, 3.63) is 42.0 Å². The Labute approximate surface area is 134 Å². The van der Waals surface area contributed by atoms with Gasteiger partial charge in [-0.2, -0.15) is 0 Å². The van der Waals surface area contributed by atoms with Crippen molar-refractivity contribution in [1.29, 1.82) is 0 Å². The van der Waals surface area contributed by atoms with E-state index in [0.717, 1.165) is 17.7 Å². The molecular weight excluding hydrogens is 318 g/mol. The molecule has 0 amide bonds. The molecule has 2 aliphatic heterocycles. The van der Waals surface area contributed by atoms with Crippen LogP contribution in [-0.4, -0.2) is 28.2 Å². The van der Waals surface area contributed by atoms with Crippen LogP contribution in [0.5, 0.6) is 17.2 Å². The Morgan fingerprint density at radius 1 is 0.826 bits per heavy atom. The van der Waals surface area contributed by atoms with Crippen LogP contribution in [0.2, 0.25) is 0 Å². The summed E-state index contributed by atoms with van der Waals surface area (Å²) >= 11 is 0. The van der Waals surface area contributed by atoms with E-state index >= 15 is 0 Å². The largest absolute Gasteiger partial charge is 0.493 e. The molecule has 6 nitrogen and oxygen atoms in total. The maximum Gasteiger partial charge on any atom is 0.262 e. The molecule has 2 aromatic rings. The van der Waals surface area contributed by atoms with Gasteiger partial charge in [0.15, 0.2) is 11.5 Å². The molecule has 0 aromatic heterocycles. The van der Waals surface area contributed by atoms with Crippen LogP contribution in [-0.2, 0) is 16.4 Å². The summed E-state index contributed by atoms with van der Waals surface area (Å²) in [4.78, 5) is 0.137. The van der Waals surface area contributed by atoms with Gasteiger partial charge in [0, 0.05) is 18.2 Å². The Bertz CT molecular complexity index is 863. The summed E-state index contributed by atoms with van der Waals surface area (Å²) in [5, 5.41) is 0. The van der Waals surface area contributed by atoms with Crippen molar-refractivity contribution >= 4 is 15.7 Å². The van der Waals surface area contributed by atoms with Crippen molar-refractivity contribution < 1.29 is 22.6 Å². The lowest BCUT2D eigenvalue weighted by Gasteiger charge is -2.19. The van der Waals surface area contributed by atoms with Gasteiger partial charge in [0.2, 0.25) is 0 Å². The first-order valence-corrected chi connectivity index (χ1v) is 8.78. The molecule has 23 heavy (non-hydrogen) atoms. The van der Waals surface area contributed by atoms with Crippen LogP contribution in [0.4, 0.5) is 5.69 Å². The highest BCUT2D eigenvalue weighted by Crippen LogP contribution is 2.33. The molecule has 0 saturated heterocycles. The average Bonchev–Trinajstić information content (AvgIpc) is 3.01. The quantitative estimate of drug-likeness (QED) is 0.932. The van der Waals surface area contributed by atoms with Gasteiger partial charge in [0.1, 0.15) is 19.0 Å². The molecule has 7 heteroatoms. The number of ether oxygens (including phenoxy) is 3. The third-order valence-corrected chi connectivity index (χ3v) is 5.14. The zero-order valence-corrected chi connectivity index (χ0v) is 13.1. The fourth-order valence-electron chi connectivity index (χ4n) is 2.65. The van der Waals surface area contributed by atoms with Crippen LogP contribution in [0.15, 0.2) is 41.3 Å². The van der Waals surface area contributed by atoms with Gasteiger partial charge in [-0.25, -0.2) is 8.42 Å². The topological polar surface area (TPSA) is 73.9 Å². The predicted octanol–water partition coefficient (Wildman–Crippen LogP) is 2.19. The highest BCUT2D eigenvalue weighted by Gasteiger charge is 2.20. The molecular formula is C16H15NO5S. The normalized spacial score (nSPS) is 15.7. The van der Waals surface area contributed by atoms with E-state index in [1.807, 2.05) is 0 Å². The minimum absolute atomic E-state index is 0.137. The van der Waals surface area contributed by atoms with Crippen LogP contribution >= 0.6 is 0 Å². The fourth-order valence-corrected chi connectivity index (χ4v) is 3.72. The van der Waals surface area contributed by atoms with Gasteiger partial charge in [0.05, 0.1) is 11.5 Å². The lowest BCUT2D eigenvalue weighted by atomic mass is 10.1. The average molecular weight is 333 g/mol. The molecule has 0 radical (unpaired) electrons. The second-order valence-electron chi connectivity index (χ2n) is 5.33. The number of hydrogen-bond donors (Lipinski definition) is 1. The maximum atomic E-state index is 12.5. The van der Waals surface area contributed by atoms with E-state index in [1.54, 1.807) is 24.3 Å². The van der Waals surface area contributed by atoms with Crippen LogP contribution < -0.4 is 18.9 Å². The Morgan fingerprint density at radius 3 is 2.43 bits per heavy atom. The van der Waals surface area contributed by atoms with E-state index in [4.69, 9.17) is 14.2 Å². The summed E-state index contributed by atoms with van der Waals surface area (Å²) in [6, 6.07) is 9.88. The summed E-state index contributed by atoms with van der Waals surface area (Å²) in [7, 11) is -3.69. The van der Waals surface area contributed by atoms with Gasteiger partial charge in [-0.05, 0) is 35.9 Å². The van der Waals surface area contributed by atoms with E-state index in [0.29, 0.717) is 37.0 Å². The molecule has 2 aromatic carbocycles. The number of sulfonamides is 1. The van der Waals surface area contributed by atoms with Crippen LogP contribution in [0, 0.1) is 0 Å². The van der Waals surface area contributed by atoms with Gasteiger partial charge in [-0.3, -0.25) is 4.72 Å². The van der Waals surface area contributed by atoms with E-state index in [1.165, 1.54) is 12.1 Å². The molecule has 0 aliphatic carbocycles. The first kappa shape index (κ1) is 14.2. The van der Waals surface area contributed by atoms with Gasteiger partial charge < -0.3 is 14.2 Å². The van der Waals surface area contributed by atoms with E-state index < -0.39 is 10.0 Å². The lowest BCUT2D eigenvalue weighted by Crippen LogP contribution is -2.17. The predicted molar refractivity (Wildman–Crippen MR) is 83.9 cm³/mol. The highest BCUT2D eigenvalue weighted by atomic mass is 32.2. The van der Waals surface area contributed by atoms with Crippen molar-refractivity contribution in [2.45, 2.75) is 11.3 Å². The lowest BCUT2D eigenvalue weighted by molar-refractivity contribution is 0.171. The molecule has 1 N–H and O–H groups in total. The van der Waals surface area contributed by atoms with Gasteiger partial charge in [-0.15, -0.1) is 0 Å². The maximum absolute atomic E-state index is 12.5. The minimum Gasteiger partial charge on any atom is -0.493 e. The smallest absolute Gasteiger partial charge is 0.262 e. The Hall–Kier alpha value is -2.41. The molecule has 4 rings (SSSR count). The van der Waals surface area contributed by atoms with E-state index in [9.17, 15) is 8.42 Å². The second kappa shape index (κ2) is 5.34. The van der Waals surface area contributed by atoms with Crippen molar-refractivity contribution in [2.24, 2.45) is 0 Å². The molecule has 0 bridgehead atoms. The third-order valence-electron chi connectivity index (χ3n) is 3.77. The number of anilines is 1. The Morgan fingerprint density at radius 2 is 1.57 bits per heavy atom. The van der Waals surface area contributed by atoms with E-state index in [-0.39, 0.29) is 4.90 Å². The molecule has 2 aliphatic rings. The number of rotatable bonds is 3. The number of benzene rings is 2. The monoisotopic (exact) mass is 333 g/mol. The third kappa shape index (κ3) is 2.68. The molecule has 120 valence electrons. The Balaban J connectivity index is 1.63. The van der Waals surface area contributed by atoms with E-state index in [2.05, 4.69) is 4.72 Å². The molecule has 0 saturated carbocycles. The Kier molecular flexibility index (Phi) is 3.30. The molecule has 0 fully saturated rings. The summed E-state index contributed by atoms with van der Waals surface area (Å²) in [6.45, 7) is 1.51. The zero-order chi connectivity index (χ0) is 15.9. The van der Waals surface area contributed by atoms with Crippen LogP contribution in [0.3, 0.4) is 0 Å². The zero-order valence-electron chi connectivity index (χ0n) is 12.2.